The Morgan fingerprint density at radius 3 is 2.55 bits per heavy atom. The number of ether oxygens (including phenoxy) is 1. The minimum atomic E-state index is -0.0845. The molecule has 1 saturated heterocycles. The summed E-state index contributed by atoms with van der Waals surface area (Å²) in [6.45, 7) is 0.948. The van der Waals surface area contributed by atoms with Crippen LogP contribution in [0.1, 0.15) is 32.6 Å². The first-order valence-corrected chi connectivity index (χ1v) is 11.0. The standard InChI is InChI=1S/C24H24N2O4S/c1-25(14-17-5-11-20(29-2)12-6-17)23(28)18-7-9-19(10-8-18)24-26(22(27)16-31-24)15-21-4-3-13-30-21/h3-13,24H,14-16H2,1-2H3/t24-/m1/s1. The van der Waals surface area contributed by atoms with E-state index in [2.05, 4.69) is 0 Å². The van der Waals surface area contributed by atoms with E-state index in [1.54, 1.807) is 37.1 Å². The summed E-state index contributed by atoms with van der Waals surface area (Å²) < 4.78 is 10.6. The first-order chi connectivity index (χ1) is 15.0. The molecule has 1 aliphatic rings. The van der Waals surface area contributed by atoms with E-state index in [-0.39, 0.29) is 17.2 Å². The molecular formula is C24H24N2O4S. The molecule has 0 radical (unpaired) electrons. The lowest BCUT2D eigenvalue weighted by molar-refractivity contribution is -0.128. The van der Waals surface area contributed by atoms with Gasteiger partial charge in [-0.15, -0.1) is 11.8 Å². The fraction of sp³-hybridized carbons (Fsp3) is 0.250. The Hall–Kier alpha value is -3.19. The van der Waals surface area contributed by atoms with Crippen molar-refractivity contribution in [3.63, 3.8) is 0 Å². The average molecular weight is 437 g/mol. The van der Waals surface area contributed by atoms with Gasteiger partial charge in [-0.25, -0.2) is 0 Å². The van der Waals surface area contributed by atoms with E-state index in [0.29, 0.717) is 24.4 Å². The van der Waals surface area contributed by atoms with E-state index >= 15 is 0 Å². The second kappa shape index (κ2) is 9.31. The van der Waals surface area contributed by atoms with Crippen LogP contribution in [0.15, 0.2) is 71.3 Å². The van der Waals surface area contributed by atoms with Gasteiger partial charge in [0.2, 0.25) is 5.91 Å². The Kier molecular flexibility index (Phi) is 6.32. The highest BCUT2D eigenvalue weighted by molar-refractivity contribution is 8.00. The molecule has 0 aliphatic carbocycles. The van der Waals surface area contributed by atoms with E-state index in [9.17, 15) is 9.59 Å². The number of carbonyl (C=O) groups excluding carboxylic acids is 2. The van der Waals surface area contributed by atoms with Gasteiger partial charge in [-0.2, -0.15) is 0 Å². The summed E-state index contributed by atoms with van der Waals surface area (Å²) in [7, 11) is 3.42. The lowest BCUT2D eigenvalue weighted by atomic mass is 10.1. The van der Waals surface area contributed by atoms with Crippen LogP contribution < -0.4 is 4.74 Å². The van der Waals surface area contributed by atoms with Crippen LogP contribution in [-0.2, 0) is 17.9 Å². The van der Waals surface area contributed by atoms with Crippen LogP contribution in [0.2, 0.25) is 0 Å². The summed E-state index contributed by atoms with van der Waals surface area (Å²) in [4.78, 5) is 28.7. The molecule has 2 amide bonds. The van der Waals surface area contributed by atoms with Gasteiger partial charge >= 0.3 is 0 Å². The normalized spacial score (nSPS) is 15.9. The molecule has 1 atom stereocenters. The highest BCUT2D eigenvalue weighted by atomic mass is 32.2. The minimum absolute atomic E-state index is 0.0510. The maximum Gasteiger partial charge on any atom is 0.253 e. The molecule has 1 aromatic heterocycles. The number of amides is 2. The number of hydrogen-bond donors (Lipinski definition) is 0. The van der Waals surface area contributed by atoms with Gasteiger partial charge in [0, 0.05) is 19.2 Å². The molecule has 31 heavy (non-hydrogen) atoms. The molecule has 0 N–H and O–H groups in total. The first-order valence-electron chi connectivity index (χ1n) is 9.97. The molecule has 2 heterocycles. The monoisotopic (exact) mass is 436 g/mol. The van der Waals surface area contributed by atoms with Crippen molar-refractivity contribution in [3.8, 4) is 5.75 Å². The first kappa shape index (κ1) is 21.1. The van der Waals surface area contributed by atoms with Gasteiger partial charge in [0.05, 0.1) is 25.7 Å². The summed E-state index contributed by atoms with van der Waals surface area (Å²) in [6.07, 6.45) is 1.61. The molecule has 3 aromatic rings. The molecule has 7 heteroatoms. The maximum absolute atomic E-state index is 12.9. The fourth-order valence-corrected chi connectivity index (χ4v) is 4.75. The van der Waals surface area contributed by atoms with Crippen molar-refractivity contribution in [3.05, 3.63) is 89.4 Å². The van der Waals surface area contributed by atoms with Crippen molar-refractivity contribution in [2.75, 3.05) is 19.9 Å². The Bertz CT molecular complexity index is 1030. The molecule has 0 saturated carbocycles. The molecule has 0 unspecified atom stereocenters. The molecule has 2 aromatic carbocycles. The van der Waals surface area contributed by atoms with Crippen molar-refractivity contribution in [1.82, 2.24) is 9.80 Å². The van der Waals surface area contributed by atoms with Crippen LogP contribution in [-0.4, -0.2) is 41.5 Å². The predicted octanol–water partition coefficient (Wildman–Crippen LogP) is 4.33. The highest BCUT2D eigenvalue weighted by Crippen LogP contribution is 2.39. The second-order valence-electron chi connectivity index (χ2n) is 7.40. The molecule has 6 nitrogen and oxygen atoms in total. The Balaban J connectivity index is 1.42. The zero-order valence-electron chi connectivity index (χ0n) is 17.5. The lowest BCUT2D eigenvalue weighted by Gasteiger charge is -2.23. The van der Waals surface area contributed by atoms with E-state index in [0.717, 1.165) is 22.6 Å². The number of benzene rings is 2. The van der Waals surface area contributed by atoms with Gasteiger partial charge in [0.15, 0.2) is 0 Å². The maximum atomic E-state index is 12.9. The third-order valence-corrected chi connectivity index (χ3v) is 6.50. The second-order valence-corrected chi connectivity index (χ2v) is 8.46. The zero-order chi connectivity index (χ0) is 21.8. The smallest absolute Gasteiger partial charge is 0.253 e. The predicted molar refractivity (Wildman–Crippen MR) is 120 cm³/mol. The Morgan fingerprint density at radius 1 is 1.16 bits per heavy atom. The molecular weight excluding hydrogens is 412 g/mol. The summed E-state index contributed by atoms with van der Waals surface area (Å²) in [6, 6.07) is 18.9. The van der Waals surface area contributed by atoms with Crippen molar-refractivity contribution in [2.45, 2.75) is 18.5 Å². The van der Waals surface area contributed by atoms with Crippen molar-refractivity contribution >= 4 is 23.6 Å². The van der Waals surface area contributed by atoms with Crippen LogP contribution >= 0.6 is 11.8 Å². The number of furan rings is 1. The van der Waals surface area contributed by atoms with Gasteiger partial charge in [0.25, 0.3) is 5.91 Å². The Labute approximate surface area is 185 Å². The fourth-order valence-electron chi connectivity index (χ4n) is 3.56. The van der Waals surface area contributed by atoms with E-state index in [1.165, 1.54) is 0 Å². The topological polar surface area (TPSA) is 63.0 Å². The summed E-state index contributed by atoms with van der Waals surface area (Å²) in [5.74, 6) is 2.03. The van der Waals surface area contributed by atoms with Gasteiger partial charge in [0.1, 0.15) is 16.9 Å². The average Bonchev–Trinajstić information content (AvgIpc) is 3.44. The number of rotatable bonds is 7. The number of hydrogen-bond acceptors (Lipinski definition) is 5. The van der Waals surface area contributed by atoms with Gasteiger partial charge in [-0.3, -0.25) is 9.59 Å². The summed E-state index contributed by atoms with van der Waals surface area (Å²) >= 11 is 1.59. The summed E-state index contributed by atoms with van der Waals surface area (Å²) in [5.41, 5.74) is 2.64. The third kappa shape index (κ3) is 4.77. The van der Waals surface area contributed by atoms with Crippen LogP contribution in [0, 0.1) is 0 Å². The lowest BCUT2D eigenvalue weighted by Crippen LogP contribution is -2.28. The zero-order valence-corrected chi connectivity index (χ0v) is 18.3. The molecule has 1 aliphatic heterocycles. The van der Waals surface area contributed by atoms with Gasteiger partial charge in [-0.1, -0.05) is 24.3 Å². The molecule has 1 fully saturated rings. The van der Waals surface area contributed by atoms with Crippen molar-refractivity contribution in [2.24, 2.45) is 0 Å². The van der Waals surface area contributed by atoms with Gasteiger partial charge < -0.3 is 19.0 Å². The number of carbonyl (C=O) groups is 2. The molecule has 160 valence electrons. The van der Waals surface area contributed by atoms with Crippen molar-refractivity contribution in [1.29, 1.82) is 0 Å². The molecule has 0 spiro atoms. The molecule has 0 bridgehead atoms. The van der Waals surface area contributed by atoms with E-state index < -0.39 is 0 Å². The van der Waals surface area contributed by atoms with Gasteiger partial charge in [-0.05, 0) is 47.5 Å². The van der Waals surface area contributed by atoms with Crippen LogP contribution in [0.3, 0.4) is 0 Å². The highest BCUT2D eigenvalue weighted by Gasteiger charge is 2.33. The van der Waals surface area contributed by atoms with Crippen LogP contribution in [0.5, 0.6) is 5.75 Å². The quantitative estimate of drug-likeness (QED) is 0.552. The summed E-state index contributed by atoms with van der Waals surface area (Å²) in [5, 5.41) is -0.0845. The van der Waals surface area contributed by atoms with E-state index in [1.807, 2.05) is 65.6 Å². The van der Waals surface area contributed by atoms with E-state index in [4.69, 9.17) is 9.15 Å². The largest absolute Gasteiger partial charge is 0.497 e. The van der Waals surface area contributed by atoms with Crippen molar-refractivity contribution < 1.29 is 18.7 Å². The number of methoxy groups -OCH3 is 1. The number of thioether (sulfide) groups is 1. The van der Waals surface area contributed by atoms with Crippen LogP contribution in [0.25, 0.3) is 0 Å². The number of nitrogens with zero attached hydrogens (tertiary/aromatic N) is 2. The Morgan fingerprint density at radius 2 is 1.90 bits per heavy atom. The molecule has 4 rings (SSSR count). The third-order valence-electron chi connectivity index (χ3n) is 5.24. The van der Waals surface area contributed by atoms with Crippen LogP contribution in [0.4, 0.5) is 0 Å². The SMILES string of the molecule is COc1ccc(CN(C)C(=O)c2ccc([C@H]3SCC(=O)N3Cc3ccco3)cc2)cc1. The minimum Gasteiger partial charge on any atom is -0.497 e.